The van der Waals surface area contributed by atoms with Crippen LogP contribution in [0, 0.1) is 0 Å². The first kappa shape index (κ1) is 23.7. The average Bonchev–Trinajstić information content (AvgIpc) is 2.62. The van der Waals surface area contributed by atoms with E-state index in [0.29, 0.717) is 5.56 Å². The Morgan fingerprint density at radius 1 is 1.00 bits per heavy atom. The number of alkyl halides is 3. The predicted molar refractivity (Wildman–Crippen MR) is 105 cm³/mol. The number of carbonyl (C=O) groups is 1. The van der Waals surface area contributed by atoms with Crippen LogP contribution < -0.4 is 14.8 Å². The van der Waals surface area contributed by atoms with Crippen molar-refractivity contribution < 1.29 is 31.1 Å². The third-order valence-electron chi connectivity index (χ3n) is 3.73. The minimum absolute atomic E-state index is 0.00330. The van der Waals surface area contributed by atoms with E-state index in [9.17, 15) is 26.4 Å². The van der Waals surface area contributed by atoms with Crippen LogP contribution in [-0.2, 0) is 27.5 Å². The van der Waals surface area contributed by atoms with Gasteiger partial charge in [0.25, 0.3) is 5.91 Å². The standard InChI is InChI=1S/C20H23F3N2O4S/c1-19(2,3)25-30(27,28)17-11-7-4-8-14(17)12-24-18(26)13-29-16-10-6-5-9-15(16)20(21,22)23/h4-11,25H,12-13H2,1-3H3,(H,24,26). The molecule has 0 aliphatic carbocycles. The number of para-hydroxylation sites is 1. The first-order valence-electron chi connectivity index (χ1n) is 8.97. The van der Waals surface area contributed by atoms with Gasteiger partial charge < -0.3 is 10.1 Å². The molecule has 0 aromatic heterocycles. The van der Waals surface area contributed by atoms with Gasteiger partial charge in [-0.25, -0.2) is 13.1 Å². The summed E-state index contributed by atoms with van der Waals surface area (Å²) in [5, 5.41) is 2.47. The van der Waals surface area contributed by atoms with Crippen LogP contribution in [0.1, 0.15) is 31.9 Å². The number of ether oxygens (including phenoxy) is 1. The molecule has 2 rings (SSSR count). The van der Waals surface area contributed by atoms with Gasteiger partial charge in [-0.05, 0) is 44.5 Å². The highest BCUT2D eigenvalue weighted by Crippen LogP contribution is 2.35. The van der Waals surface area contributed by atoms with Gasteiger partial charge in [0.15, 0.2) is 6.61 Å². The van der Waals surface area contributed by atoms with E-state index >= 15 is 0 Å². The van der Waals surface area contributed by atoms with E-state index in [1.54, 1.807) is 32.9 Å². The van der Waals surface area contributed by atoms with Gasteiger partial charge in [-0.3, -0.25) is 4.79 Å². The van der Waals surface area contributed by atoms with Gasteiger partial charge in [0.2, 0.25) is 10.0 Å². The van der Waals surface area contributed by atoms with Crippen LogP contribution in [-0.4, -0.2) is 26.5 Å². The molecule has 2 aromatic carbocycles. The Kier molecular flexibility index (Phi) is 7.14. The summed E-state index contributed by atoms with van der Waals surface area (Å²) in [5.41, 5.74) is -1.35. The molecule has 0 bridgehead atoms. The molecule has 30 heavy (non-hydrogen) atoms. The number of benzene rings is 2. The molecule has 0 atom stereocenters. The molecule has 164 valence electrons. The lowest BCUT2D eigenvalue weighted by atomic mass is 10.1. The van der Waals surface area contributed by atoms with Crippen molar-refractivity contribution in [1.82, 2.24) is 10.0 Å². The fourth-order valence-electron chi connectivity index (χ4n) is 2.58. The summed E-state index contributed by atoms with van der Waals surface area (Å²) >= 11 is 0. The third kappa shape index (κ3) is 6.74. The molecule has 0 unspecified atom stereocenters. The SMILES string of the molecule is CC(C)(C)NS(=O)(=O)c1ccccc1CNC(=O)COc1ccccc1C(F)(F)F. The molecule has 0 aliphatic heterocycles. The zero-order chi connectivity index (χ0) is 22.6. The van der Waals surface area contributed by atoms with Crippen molar-refractivity contribution in [2.24, 2.45) is 0 Å². The van der Waals surface area contributed by atoms with Crippen molar-refractivity contribution in [3.8, 4) is 5.75 Å². The number of nitrogens with one attached hydrogen (secondary N) is 2. The summed E-state index contributed by atoms with van der Waals surface area (Å²) in [6.45, 7) is 4.31. The van der Waals surface area contributed by atoms with Gasteiger partial charge in [0.1, 0.15) is 5.75 Å². The minimum atomic E-state index is -4.61. The maximum atomic E-state index is 13.0. The average molecular weight is 444 g/mol. The van der Waals surface area contributed by atoms with Gasteiger partial charge in [-0.1, -0.05) is 30.3 Å². The second-order valence-corrected chi connectivity index (χ2v) is 9.17. The molecule has 0 aliphatic rings. The number of hydrogen-bond donors (Lipinski definition) is 2. The van der Waals surface area contributed by atoms with E-state index in [-0.39, 0.29) is 11.4 Å². The highest BCUT2D eigenvalue weighted by Gasteiger charge is 2.34. The Morgan fingerprint density at radius 3 is 2.23 bits per heavy atom. The van der Waals surface area contributed by atoms with E-state index in [4.69, 9.17) is 4.74 Å². The number of hydrogen-bond acceptors (Lipinski definition) is 4. The van der Waals surface area contributed by atoms with Crippen LogP contribution in [0.15, 0.2) is 53.4 Å². The lowest BCUT2D eigenvalue weighted by Gasteiger charge is -2.21. The van der Waals surface area contributed by atoms with E-state index in [1.807, 2.05) is 0 Å². The van der Waals surface area contributed by atoms with Gasteiger partial charge in [-0.15, -0.1) is 0 Å². The van der Waals surface area contributed by atoms with Crippen LogP contribution in [0.2, 0.25) is 0 Å². The van der Waals surface area contributed by atoms with Crippen molar-refractivity contribution in [2.75, 3.05) is 6.61 Å². The van der Waals surface area contributed by atoms with Crippen LogP contribution in [0.4, 0.5) is 13.2 Å². The molecule has 0 fully saturated rings. The molecule has 0 radical (unpaired) electrons. The summed E-state index contributed by atoms with van der Waals surface area (Å²) in [6.07, 6.45) is -4.61. The van der Waals surface area contributed by atoms with E-state index in [1.165, 1.54) is 24.3 Å². The first-order chi connectivity index (χ1) is 13.8. The Morgan fingerprint density at radius 2 is 1.60 bits per heavy atom. The Labute approximate surface area is 173 Å². The molecule has 0 saturated heterocycles. The fraction of sp³-hybridized carbons (Fsp3) is 0.350. The van der Waals surface area contributed by atoms with E-state index < -0.39 is 45.6 Å². The molecule has 6 nitrogen and oxygen atoms in total. The highest BCUT2D eigenvalue weighted by atomic mass is 32.2. The van der Waals surface area contributed by atoms with Crippen molar-refractivity contribution in [1.29, 1.82) is 0 Å². The maximum absolute atomic E-state index is 13.0. The minimum Gasteiger partial charge on any atom is -0.483 e. The monoisotopic (exact) mass is 444 g/mol. The second kappa shape index (κ2) is 9.05. The number of sulfonamides is 1. The lowest BCUT2D eigenvalue weighted by Crippen LogP contribution is -2.41. The summed E-state index contributed by atoms with van der Waals surface area (Å²) in [7, 11) is -3.83. The van der Waals surface area contributed by atoms with Crippen molar-refractivity contribution in [3.63, 3.8) is 0 Å². The first-order valence-corrected chi connectivity index (χ1v) is 10.5. The summed E-state index contributed by atoms with van der Waals surface area (Å²) in [6, 6.07) is 10.7. The molecule has 0 spiro atoms. The van der Waals surface area contributed by atoms with E-state index in [2.05, 4.69) is 10.0 Å². The number of carbonyl (C=O) groups excluding carboxylic acids is 1. The highest BCUT2D eigenvalue weighted by molar-refractivity contribution is 7.89. The van der Waals surface area contributed by atoms with Gasteiger partial charge >= 0.3 is 6.18 Å². The van der Waals surface area contributed by atoms with Crippen LogP contribution in [0.5, 0.6) is 5.75 Å². The largest absolute Gasteiger partial charge is 0.483 e. The summed E-state index contributed by atoms with van der Waals surface area (Å²) in [4.78, 5) is 12.1. The third-order valence-corrected chi connectivity index (χ3v) is 5.59. The topological polar surface area (TPSA) is 84.5 Å². The quantitative estimate of drug-likeness (QED) is 0.685. The van der Waals surface area contributed by atoms with Gasteiger partial charge in [0.05, 0.1) is 10.5 Å². The lowest BCUT2D eigenvalue weighted by molar-refractivity contribution is -0.139. The van der Waals surface area contributed by atoms with Gasteiger partial charge in [-0.2, -0.15) is 13.2 Å². The smallest absolute Gasteiger partial charge is 0.419 e. The van der Waals surface area contributed by atoms with Gasteiger partial charge in [0, 0.05) is 12.1 Å². The Balaban J connectivity index is 2.05. The van der Waals surface area contributed by atoms with E-state index in [0.717, 1.165) is 12.1 Å². The number of amides is 1. The second-order valence-electron chi connectivity index (χ2n) is 7.52. The zero-order valence-corrected chi connectivity index (χ0v) is 17.5. The Hall–Kier alpha value is -2.59. The molecule has 2 aromatic rings. The van der Waals surface area contributed by atoms with Crippen molar-refractivity contribution >= 4 is 15.9 Å². The molecular weight excluding hydrogens is 421 g/mol. The molecule has 0 heterocycles. The number of rotatable bonds is 7. The molecule has 10 heteroatoms. The fourth-order valence-corrected chi connectivity index (χ4v) is 4.24. The van der Waals surface area contributed by atoms with Crippen LogP contribution in [0.25, 0.3) is 0 Å². The number of halogens is 3. The van der Waals surface area contributed by atoms with Crippen LogP contribution in [0.3, 0.4) is 0 Å². The Bertz CT molecular complexity index is 1000. The van der Waals surface area contributed by atoms with Crippen LogP contribution >= 0.6 is 0 Å². The molecular formula is C20H23F3N2O4S. The molecule has 0 saturated carbocycles. The molecule has 1 amide bonds. The molecule has 2 N–H and O–H groups in total. The summed E-state index contributed by atoms with van der Waals surface area (Å²) in [5.74, 6) is -1.15. The summed E-state index contributed by atoms with van der Waals surface area (Å²) < 4.78 is 71.7. The van der Waals surface area contributed by atoms with Crippen molar-refractivity contribution in [2.45, 2.75) is 43.9 Å². The predicted octanol–water partition coefficient (Wildman–Crippen LogP) is 3.48. The van der Waals surface area contributed by atoms with Crippen molar-refractivity contribution in [3.05, 3.63) is 59.7 Å². The normalized spacial score (nSPS) is 12.5. The zero-order valence-electron chi connectivity index (χ0n) is 16.7. The maximum Gasteiger partial charge on any atom is 0.419 e.